The maximum atomic E-state index is 13.0. The van der Waals surface area contributed by atoms with Crippen molar-refractivity contribution in [3.8, 4) is 5.75 Å². The molecule has 1 aliphatic rings. The van der Waals surface area contributed by atoms with Crippen LogP contribution in [-0.4, -0.2) is 27.0 Å². The van der Waals surface area contributed by atoms with Gasteiger partial charge < -0.3 is 10.1 Å². The number of anilines is 2. The largest absolute Gasteiger partial charge is 0.491 e. The highest BCUT2D eigenvalue weighted by atomic mass is 32.2. The number of ether oxygens (including phenoxy) is 1. The summed E-state index contributed by atoms with van der Waals surface area (Å²) in [6.07, 6.45) is 0.0551. The first-order valence-corrected chi connectivity index (χ1v) is 10.8. The van der Waals surface area contributed by atoms with E-state index in [-0.39, 0.29) is 17.5 Å². The highest BCUT2D eigenvalue weighted by Gasteiger charge is 2.36. The Morgan fingerprint density at radius 1 is 1.10 bits per heavy atom. The van der Waals surface area contributed by atoms with Gasteiger partial charge in [0.05, 0.1) is 16.7 Å². The van der Waals surface area contributed by atoms with Gasteiger partial charge in [-0.1, -0.05) is 24.3 Å². The summed E-state index contributed by atoms with van der Waals surface area (Å²) in [5, 5.41) is 4.31. The smallest absolute Gasteiger partial charge is 0.265 e. The molecule has 3 aromatic carbocycles. The topological polar surface area (TPSA) is 75.7 Å². The van der Waals surface area contributed by atoms with E-state index >= 15 is 0 Å². The zero-order valence-electron chi connectivity index (χ0n) is 16.5. The van der Waals surface area contributed by atoms with Gasteiger partial charge in [0.2, 0.25) is 5.91 Å². The van der Waals surface area contributed by atoms with E-state index in [9.17, 15) is 13.2 Å². The summed E-state index contributed by atoms with van der Waals surface area (Å²) in [6, 6.07) is 15.9. The van der Waals surface area contributed by atoms with Crippen LogP contribution in [0.2, 0.25) is 0 Å². The van der Waals surface area contributed by atoms with Crippen molar-refractivity contribution >= 4 is 38.1 Å². The van der Waals surface area contributed by atoms with E-state index < -0.39 is 15.9 Å². The molecule has 0 bridgehead atoms. The summed E-state index contributed by atoms with van der Waals surface area (Å²) in [4.78, 5) is 12.9. The van der Waals surface area contributed by atoms with Gasteiger partial charge in [0.15, 0.2) is 0 Å². The number of carbonyl (C=O) groups excluding carboxylic acids is 1. The van der Waals surface area contributed by atoms with Crippen molar-refractivity contribution in [1.29, 1.82) is 0 Å². The number of carbonyl (C=O) groups is 1. The summed E-state index contributed by atoms with van der Waals surface area (Å²) in [5.41, 5.74) is 2.00. The molecule has 1 heterocycles. The number of benzene rings is 3. The van der Waals surface area contributed by atoms with Crippen LogP contribution in [0.3, 0.4) is 0 Å². The molecular formula is C22H22N2O4S. The molecule has 150 valence electrons. The van der Waals surface area contributed by atoms with E-state index in [1.54, 1.807) is 36.4 Å². The standard InChI is InChI=1S/C22H22N2O4S/c1-14(2)28-17-10-11-18(15(3)12-17)23-21(25)13-24-19-8-4-6-16-7-5-9-20(22(16)19)29(24,26)27/h4-12,14H,13H2,1-3H3,(H,23,25). The first-order valence-electron chi connectivity index (χ1n) is 9.39. The Morgan fingerprint density at radius 3 is 2.52 bits per heavy atom. The fourth-order valence-corrected chi connectivity index (χ4v) is 5.24. The summed E-state index contributed by atoms with van der Waals surface area (Å²) < 4.78 is 32.8. The summed E-state index contributed by atoms with van der Waals surface area (Å²) in [6.45, 7) is 5.46. The minimum atomic E-state index is -3.76. The molecule has 7 heteroatoms. The molecule has 0 spiro atoms. The average Bonchev–Trinajstić information content (AvgIpc) is 2.87. The van der Waals surface area contributed by atoms with Gasteiger partial charge in [-0.05, 0) is 62.1 Å². The van der Waals surface area contributed by atoms with Crippen LogP contribution in [0.15, 0.2) is 59.5 Å². The summed E-state index contributed by atoms with van der Waals surface area (Å²) >= 11 is 0. The number of rotatable bonds is 5. The van der Waals surface area contributed by atoms with Gasteiger partial charge in [0.25, 0.3) is 10.0 Å². The molecule has 29 heavy (non-hydrogen) atoms. The number of aryl methyl sites for hydroxylation is 1. The van der Waals surface area contributed by atoms with Gasteiger partial charge in [0.1, 0.15) is 12.3 Å². The molecule has 3 aromatic rings. The predicted octanol–water partition coefficient (Wildman–Crippen LogP) is 4.08. The molecular weight excluding hydrogens is 388 g/mol. The highest BCUT2D eigenvalue weighted by molar-refractivity contribution is 7.93. The summed E-state index contributed by atoms with van der Waals surface area (Å²) in [7, 11) is -3.76. The van der Waals surface area contributed by atoms with Gasteiger partial charge in [-0.15, -0.1) is 0 Å². The molecule has 0 unspecified atom stereocenters. The zero-order chi connectivity index (χ0) is 20.8. The lowest BCUT2D eigenvalue weighted by Crippen LogP contribution is -2.35. The van der Waals surface area contributed by atoms with Gasteiger partial charge in [-0.3, -0.25) is 9.10 Å². The molecule has 0 saturated carbocycles. The number of nitrogens with one attached hydrogen (secondary N) is 1. The van der Waals surface area contributed by atoms with Crippen molar-refractivity contribution < 1.29 is 17.9 Å². The molecule has 0 fully saturated rings. The molecule has 6 nitrogen and oxygen atoms in total. The van der Waals surface area contributed by atoms with E-state index in [1.807, 2.05) is 39.0 Å². The SMILES string of the molecule is Cc1cc(OC(C)C)ccc1NC(=O)CN1c2cccc3cccc(c23)S1(=O)=O. The molecule has 0 aliphatic carbocycles. The second-order valence-electron chi connectivity index (χ2n) is 7.33. The Balaban J connectivity index is 1.58. The Bertz CT molecular complexity index is 1210. The molecule has 0 atom stereocenters. The number of nitrogens with zero attached hydrogens (tertiary/aromatic N) is 1. The molecule has 1 aliphatic heterocycles. The van der Waals surface area contributed by atoms with Crippen LogP contribution in [0.5, 0.6) is 5.75 Å². The number of amides is 1. The van der Waals surface area contributed by atoms with Crippen LogP contribution in [0, 0.1) is 6.92 Å². The van der Waals surface area contributed by atoms with E-state index in [0.717, 1.165) is 16.7 Å². The number of sulfonamides is 1. The third kappa shape index (κ3) is 3.42. The van der Waals surface area contributed by atoms with E-state index in [4.69, 9.17) is 4.74 Å². The van der Waals surface area contributed by atoms with Crippen molar-refractivity contribution in [3.63, 3.8) is 0 Å². The molecule has 0 aromatic heterocycles. The van der Waals surface area contributed by atoms with Crippen molar-refractivity contribution in [2.45, 2.75) is 31.8 Å². The van der Waals surface area contributed by atoms with Gasteiger partial charge >= 0.3 is 0 Å². The first-order chi connectivity index (χ1) is 13.8. The first kappa shape index (κ1) is 19.3. The third-order valence-electron chi connectivity index (χ3n) is 4.81. The lowest BCUT2D eigenvalue weighted by atomic mass is 10.1. The lowest BCUT2D eigenvalue weighted by Gasteiger charge is -2.19. The molecule has 0 saturated heterocycles. The molecule has 0 radical (unpaired) electrons. The fourth-order valence-electron chi connectivity index (χ4n) is 3.57. The van der Waals surface area contributed by atoms with Crippen molar-refractivity contribution in [2.75, 3.05) is 16.2 Å². The normalized spacial score (nSPS) is 14.4. The fraction of sp³-hybridized carbons (Fsp3) is 0.227. The van der Waals surface area contributed by atoms with Gasteiger partial charge in [-0.25, -0.2) is 8.42 Å². The van der Waals surface area contributed by atoms with Crippen molar-refractivity contribution in [3.05, 3.63) is 60.2 Å². The lowest BCUT2D eigenvalue weighted by molar-refractivity contribution is -0.114. The second kappa shape index (κ2) is 7.08. The molecule has 4 rings (SSSR count). The van der Waals surface area contributed by atoms with Crippen LogP contribution >= 0.6 is 0 Å². The quantitative estimate of drug-likeness (QED) is 0.688. The van der Waals surface area contributed by atoms with E-state index in [2.05, 4.69) is 5.32 Å². The average molecular weight is 410 g/mol. The minimum Gasteiger partial charge on any atom is -0.491 e. The van der Waals surface area contributed by atoms with Crippen LogP contribution in [0.25, 0.3) is 10.8 Å². The third-order valence-corrected chi connectivity index (χ3v) is 6.61. The Hall–Kier alpha value is -3.06. The predicted molar refractivity (Wildman–Crippen MR) is 114 cm³/mol. The molecule has 1 amide bonds. The van der Waals surface area contributed by atoms with E-state index in [0.29, 0.717) is 16.8 Å². The van der Waals surface area contributed by atoms with Crippen LogP contribution in [-0.2, 0) is 14.8 Å². The minimum absolute atomic E-state index is 0.0551. The van der Waals surface area contributed by atoms with Crippen LogP contribution in [0.1, 0.15) is 19.4 Å². The zero-order valence-corrected chi connectivity index (χ0v) is 17.3. The highest BCUT2D eigenvalue weighted by Crippen LogP contribution is 2.41. The van der Waals surface area contributed by atoms with Crippen LogP contribution in [0.4, 0.5) is 11.4 Å². The maximum absolute atomic E-state index is 13.0. The monoisotopic (exact) mass is 410 g/mol. The number of hydrogen-bond acceptors (Lipinski definition) is 4. The van der Waals surface area contributed by atoms with Gasteiger partial charge in [0, 0.05) is 11.1 Å². The summed E-state index contributed by atoms with van der Waals surface area (Å²) in [5.74, 6) is 0.318. The van der Waals surface area contributed by atoms with Crippen molar-refractivity contribution in [2.24, 2.45) is 0 Å². The number of hydrogen-bond donors (Lipinski definition) is 1. The maximum Gasteiger partial charge on any atom is 0.265 e. The van der Waals surface area contributed by atoms with Gasteiger partial charge in [-0.2, -0.15) is 0 Å². The molecule has 1 N–H and O–H groups in total. The Labute approximate surface area is 170 Å². The van der Waals surface area contributed by atoms with E-state index in [1.165, 1.54) is 4.31 Å². The Kier molecular flexibility index (Phi) is 4.70. The Morgan fingerprint density at radius 2 is 1.83 bits per heavy atom. The van der Waals surface area contributed by atoms with Crippen LogP contribution < -0.4 is 14.4 Å². The van der Waals surface area contributed by atoms with Crippen molar-refractivity contribution in [1.82, 2.24) is 0 Å². The second-order valence-corrected chi connectivity index (χ2v) is 9.17.